The van der Waals surface area contributed by atoms with Crippen molar-refractivity contribution in [3.63, 3.8) is 0 Å². The molecule has 1 aliphatic rings. The molecule has 1 aromatic heterocycles. The summed E-state index contributed by atoms with van der Waals surface area (Å²) in [5.41, 5.74) is 0. The highest BCUT2D eigenvalue weighted by atomic mass is 32.2. The van der Waals surface area contributed by atoms with Gasteiger partial charge >= 0.3 is 0 Å². The van der Waals surface area contributed by atoms with E-state index in [1.807, 2.05) is 30.3 Å². The fourth-order valence-corrected chi connectivity index (χ4v) is 4.14. The molecule has 1 aliphatic carbocycles. The average Bonchev–Trinajstić information content (AvgIpc) is 3.36. The van der Waals surface area contributed by atoms with Crippen LogP contribution in [0.25, 0.3) is 0 Å². The van der Waals surface area contributed by atoms with Crippen molar-refractivity contribution in [2.75, 3.05) is 4.72 Å². The van der Waals surface area contributed by atoms with Crippen molar-refractivity contribution < 1.29 is 13.2 Å². The van der Waals surface area contributed by atoms with Gasteiger partial charge in [-0.2, -0.15) is 4.37 Å². The third-order valence-electron chi connectivity index (χ3n) is 3.72. The zero-order valence-electron chi connectivity index (χ0n) is 13.1. The van der Waals surface area contributed by atoms with E-state index in [-0.39, 0.29) is 4.90 Å². The van der Waals surface area contributed by atoms with Gasteiger partial charge in [0.25, 0.3) is 10.0 Å². The fourth-order valence-electron chi connectivity index (χ4n) is 2.27. The third kappa shape index (κ3) is 3.80. The largest absolute Gasteiger partial charge is 0.457 e. The van der Waals surface area contributed by atoms with Gasteiger partial charge in [-0.15, -0.1) is 0 Å². The summed E-state index contributed by atoms with van der Waals surface area (Å²) < 4.78 is 37.3. The van der Waals surface area contributed by atoms with Gasteiger partial charge in [-0.1, -0.05) is 18.2 Å². The molecule has 0 aliphatic heterocycles. The molecule has 0 spiro atoms. The average molecular weight is 373 g/mol. The third-order valence-corrected chi connectivity index (χ3v) is 5.85. The Labute approximate surface area is 149 Å². The standard InChI is InChI=1S/C17H15N3O3S2/c21-25(22,20-17-18-16(19-24-17)12-6-7-12)15-10-8-14(9-11-15)23-13-4-2-1-3-5-13/h1-5,8-12H,6-7H2,(H,18,19,20). The molecule has 4 rings (SSSR count). The maximum absolute atomic E-state index is 12.5. The smallest absolute Gasteiger partial charge is 0.263 e. The van der Waals surface area contributed by atoms with E-state index in [1.54, 1.807) is 12.1 Å². The van der Waals surface area contributed by atoms with E-state index in [0.29, 0.717) is 22.5 Å². The highest BCUT2D eigenvalue weighted by molar-refractivity contribution is 7.93. The van der Waals surface area contributed by atoms with E-state index < -0.39 is 10.0 Å². The Kier molecular flexibility index (Phi) is 4.14. The lowest BCUT2D eigenvalue weighted by atomic mass is 10.3. The Balaban J connectivity index is 1.47. The van der Waals surface area contributed by atoms with E-state index in [1.165, 1.54) is 12.1 Å². The minimum Gasteiger partial charge on any atom is -0.457 e. The van der Waals surface area contributed by atoms with Crippen LogP contribution >= 0.6 is 11.5 Å². The van der Waals surface area contributed by atoms with Crippen molar-refractivity contribution in [1.82, 2.24) is 9.36 Å². The van der Waals surface area contributed by atoms with Crippen LogP contribution in [0, 0.1) is 0 Å². The number of rotatable bonds is 6. The molecule has 1 fully saturated rings. The Bertz CT molecular complexity index is 966. The van der Waals surface area contributed by atoms with Gasteiger partial charge in [0.15, 0.2) is 0 Å². The number of hydrogen-bond donors (Lipinski definition) is 1. The Hall–Kier alpha value is -2.45. The van der Waals surface area contributed by atoms with Gasteiger partial charge in [0, 0.05) is 17.5 Å². The molecule has 1 heterocycles. The van der Waals surface area contributed by atoms with Gasteiger partial charge in [-0.05, 0) is 49.2 Å². The molecule has 25 heavy (non-hydrogen) atoms. The lowest BCUT2D eigenvalue weighted by Gasteiger charge is -2.07. The Morgan fingerprint density at radius 1 is 1.00 bits per heavy atom. The highest BCUT2D eigenvalue weighted by Crippen LogP contribution is 2.39. The number of benzene rings is 2. The second-order valence-corrected chi connectivity index (χ2v) is 8.16. The van der Waals surface area contributed by atoms with Crippen molar-refractivity contribution in [1.29, 1.82) is 0 Å². The molecule has 8 heteroatoms. The minimum absolute atomic E-state index is 0.149. The number of para-hydroxylation sites is 1. The van der Waals surface area contributed by atoms with Gasteiger partial charge in [-0.25, -0.2) is 13.4 Å². The lowest BCUT2D eigenvalue weighted by molar-refractivity contribution is 0.482. The molecule has 0 saturated heterocycles. The fraction of sp³-hybridized carbons (Fsp3) is 0.176. The molecule has 0 bridgehead atoms. The number of sulfonamides is 1. The number of nitrogens with one attached hydrogen (secondary N) is 1. The molecule has 1 saturated carbocycles. The Morgan fingerprint density at radius 3 is 2.36 bits per heavy atom. The summed E-state index contributed by atoms with van der Waals surface area (Å²) in [5, 5.41) is 0.298. The first-order valence-electron chi connectivity index (χ1n) is 7.79. The molecule has 3 aromatic rings. The SMILES string of the molecule is O=S(=O)(Nc1nc(C2CC2)ns1)c1ccc(Oc2ccccc2)cc1. The number of nitrogens with zero attached hydrogens (tertiary/aromatic N) is 2. The van der Waals surface area contributed by atoms with Crippen LogP contribution in [-0.4, -0.2) is 17.8 Å². The predicted molar refractivity (Wildman–Crippen MR) is 95.7 cm³/mol. The molecular weight excluding hydrogens is 358 g/mol. The molecule has 0 radical (unpaired) electrons. The van der Waals surface area contributed by atoms with Crippen LogP contribution in [0.1, 0.15) is 24.6 Å². The second kappa shape index (κ2) is 6.45. The number of hydrogen-bond acceptors (Lipinski definition) is 6. The van der Waals surface area contributed by atoms with Crippen molar-refractivity contribution in [2.45, 2.75) is 23.7 Å². The number of aromatic nitrogens is 2. The van der Waals surface area contributed by atoms with Gasteiger partial charge in [0.2, 0.25) is 5.13 Å². The van der Waals surface area contributed by atoms with Crippen molar-refractivity contribution in [3.05, 3.63) is 60.4 Å². The van der Waals surface area contributed by atoms with Crippen LogP contribution in [0.3, 0.4) is 0 Å². The van der Waals surface area contributed by atoms with Crippen molar-refractivity contribution >= 4 is 26.7 Å². The molecule has 0 atom stereocenters. The molecule has 6 nitrogen and oxygen atoms in total. The summed E-state index contributed by atoms with van der Waals surface area (Å²) in [6.45, 7) is 0. The van der Waals surface area contributed by atoms with E-state index in [0.717, 1.165) is 30.2 Å². The van der Waals surface area contributed by atoms with Crippen LogP contribution in [0.2, 0.25) is 0 Å². The van der Waals surface area contributed by atoms with E-state index >= 15 is 0 Å². The summed E-state index contributed by atoms with van der Waals surface area (Å²) in [7, 11) is -3.69. The minimum atomic E-state index is -3.69. The summed E-state index contributed by atoms with van der Waals surface area (Å²) in [4.78, 5) is 4.40. The van der Waals surface area contributed by atoms with Crippen LogP contribution in [0.5, 0.6) is 11.5 Å². The summed E-state index contributed by atoms with van der Waals surface area (Å²) in [5.74, 6) is 2.38. The topological polar surface area (TPSA) is 81.2 Å². The van der Waals surface area contributed by atoms with Gasteiger partial charge in [0.1, 0.15) is 17.3 Å². The zero-order valence-corrected chi connectivity index (χ0v) is 14.8. The molecule has 0 amide bonds. The van der Waals surface area contributed by atoms with Crippen LogP contribution in [-0.2, 0) is 10.0 Å². The van der Waals surface area contributed by atoms with Crippen molar-refractivity contribution in [2.24, 2.45) is 0 Å². The number of ether oxygens (including phenoxy) is 1. The van der Waals surface area contributed by atoms with Crippen LogP contribution in [0.4, 0.5) is 5.13 Å². The summed E-state index contributed by atoms with van der Waals surface area (Å²) >= 11 is 1.07. The first kappa shape index (κ1) is 16.0. The van der Waals surface area contributed by atoms with Crippen LogP contribution in [0.15, 0.2) is 59.5 Å². The zero-order chi connectivity index (χ0) is 17.3. The van der Waals surface area contributed by atoms with E-state index in [4.69, 9.17) is 4.74 Å². The Morgan fingerprint density at radius 2 is 1.68 bits per heavy atom. The molecule has 2 aromatic carbocycles. The lowest BCUT2D eigenvalue weighted by Crippen LogP contribution is -2.12. The van der Waals surface area contributed by atoms with Gasteiger partial charge in [-0.3, -0.25) is 4.72 Å². The normalized spacial score (nSPS) is 14.2. The first-order valence-corrected chi connectivity index (χ1v) is 10.1. The maximum Gasteiger partial charge on any atom is 0.263 e. The molecule has 1 N–H and O–H groups in total. The quantitative estimate of drug-likeness (QED) is 0.706. The maximum atomic E-state index is 12.5. The molecule has 0 unspecified atom stereocenters. The van der Waals surface area contributed by atoms with Crippen LogP contribution < -0.4 is 9.46 Å². The summed E-state index contributed by atoms with van der Waals surface area (Å²) in [6, 6.07) is 15.6. The molecular formula is C17H15N3O3S2. The predicted octanol–water partition coefficient (Wildman–Crippen LogP) is 4.01. The number of anilines is 1. The van der Waals surface area contributed by atoms with Gasteiger partial charge in [0.05, 0.1) is 4.90 Å². The second-order valence-electron chi connectivity index (χ2n) is 5.72. The monoisotopic (exact) mass is 373 g/mol. The molecule has 128 valence electrons. The highest BCUT2D eigenvalue weighted by Gasteiger charge is 2.28. The summed E-state index contributed by atoms with van der Waals surface area (Å²) in [6.07, 6.45) is 2.15. The van der Waals surface area contributed by atoms with E-state index in [2.05, 4.69) is 14.1 Å². The van der Waals surface area contributed by atoms with E-state index in [9.17, 15) is 8.42 Å². The first-order chi connectivity index (χ1) is 12.1. The van der Waals surface area contributed by atoms with Gasteiger partial charge < -0.3 is 4.74 Å². The van der Waals surface area contributed by atoms with Crippen molar-refractivity contribution in [3.8, 4) is 11.5 Å².